The molecule has 1 saturated heterocycles. The highest BCUT2D eigenvalue weighted by Gasteiger charge is 2.24. The summed E-state index contributed by atoms with van der Waals surface area (Å²) in [6, 6.07) is 4.69. The average molecular weight is 355 g/mol. The molecular weight excluding hydrogens is 335 g/mol. The number of alkyl halides is 1. The van der Waals surface area contributed by atoms with Crippen molar-refractivity contribution in [2.24, 2.45) is 0 Å². The van der Waals surface area contributed by atoms with Crippen LogP contribution in [0.25, 0.3) is 11.0 Å². The highest BCUT2D eigenvalue weighted by molar-refractivity contribution is 9.09. The summed E-state index contributed by atoms with van der Waals surface area (Å²) in [4.78, 5) is 2.53. The first kappa shape index (κ1) is 15.0. The van der Waals surface area contributed by atoms with Gasteiger partial charge in [-0.2, -0.15) is 0 Å². The minimum absolute atomic E-state index is 0.271. The highest BCUT2D eigenvalue weighted by Crippen LogP contribution is 2.32. The van der Waals surface area contributed by atoms with Gasteiger partial charge in [-0.15, -0.1) is 0 Å². The van der Waals surface area contributed by atoms with E-state index in [1.54, 1.807) is 6.07 Å². The first-order chi connectivity index (χ1) is 10.3. The molecule has 5 heteroatoms. The van der Waals surface area contributed by atoms with Crippen molar-refractivity contribution in [2.75, 3.05) is 25.0 Å². The van der Waals surface area contributed by atoms with Crippen LogP contribution in [0.15, 0.2) is 22.7 Å². The topological polar surface area (TPSA) is 29.3 Å². The number of benzene rings is 1. The lowest BCUT2D eigenvalue weighted by atomic mass is 9.91. The van der Waals surface area contributed by atoms with Gasteiger partial charge in [-0.1, -0.05) is 21.1 Å². The number of halogens is 2. The van der Waals surface area contributed by atoms with E-state index >= 15 is 0 Å². The van der Waals surface area contributed by atoms with Crippen molar-refractivity contribution in [1.82, 2.24) is 10.1 Å². The van der Waals surface area contributed by atoms with E-state index in [9.17, 15) is 4.39 Å². The molecule has 114 valence electrons. The molecule has 0 N–H and O–H groups in total. The smallest absolute Gasteiger partial charge is 0.170 e. The number of aromatic nitrogens is 1. The number of rotatable bonds is 5. The predicted molar refractivity (Wildman–Crippen MR) is 85.4 cm³/mol. The van der Waals surface area contributed by atoms with Gasteiger partial charge in [0.05, 0.1) is 5.69 Å². The second-order valence-electron chi connectivity index (χ2n) is 5.72. The van der Waals surface area contributed by atoms with Crippen LogP contribution in [0.2, 0.25) is 0 Å². The predicted octanol–water partition coefficient (Wildman–Crippen LogP) is 4.32. The summed E-state index contributed by atoms with van der Waals surface area (Å²) in [7, 11) is 0. The van der Waals surface area contributed by atoms with E-state index in [-0.39, 0.29) is 5.82 Å². The van der Waals surface area contributed by atoms with Crippen molar-refractivity contribution in [1.29, 1.82) is 0 Å². The minimum Gasteiger partial charge on any atom is -0.356 e. The molecule has 3 nitrogen and oxygen atoms in total. The molecular formula is C16H20BrFN2O. The average Bonchev–Trinajstić information content (AvgIpc) is 2.91. The Morgan fingerprint density at radius 1 is 1.29 bits per heavy atom. The first-order valence-electron chi connectivity index (χ1n) is 7.61. The highest BCUT2D eigenvalue weighted by atomic mass is 79.9. The Hall–Kier alpha value is -0.940. The fourth-order valence-corrected chi connectivity index (χ4v) is 3.48. The lowest BCUT2D eigenvalue weighted by Crippen LogP contribution is -2.33. The van der Waals surface area contributed by atoms with Crippen molar-refractivity contribution >= 4 is 26.9 Å². The minimum atomic E-state index is -0.271. The summed E-state index contributed by atoms with van der Waals surface area (Å²) in [5.41, 5.74) is 1.56. The summed E-state index contributed by atoms with van der Waals surface area (Å²) in [6.07, 6.45) is 4.70. The molecule has 0 amide bonds. The van der Waals surface area contributed by atoms with E-state index in [1.165, 1.54) is 31.5 Å². The Kier molecular flexibility index (Phi) is 4.91. The molecule has 0 bridgehead atoms. The van der Waals surface area contributed by atoms with E-state index < -0.39 is 0 Å². The van der Waals surface area contributed by atoms with E-state index in [0.29, 0.717) is 11.5 Å². The molecule has 1 fully saturated rings. The van der Waals surface area contributed by atoms with Crippen molar-refractivity contribution in [3.63, 3.8) is 0 Å². The van der Waals surface area contributed by atoms with Crippen LogP contribution >= 0.6 is 15.9 Å². The molecule has 0 atom stereocenters. The fourth-order valence-electron chi connectivity index (χ4n) is 3.09. The second kappa shape index (κ2) is 6.88. The monoisotopic (exact) mass is 354 g/mol. The van der Waals surface area contributed by atoms with E-state index in [1.807, 2.05) is 0 Å². The van der Waals surface area contributed by atoms with Gasteiger partial charge in [0.2, 0.25) is 0 Å². The van der Waals surface area contributed by atoms with E-state index in [4.69, 9.17) is 4.52 Å². The molecule has 0 saturated carbocycles. The summed E-state index contributed by atoms with van der Waals surface area (Å²) in [5, 5.41) is 6.25. The van der Waals surface area contributed by atoms with Gasteiger partial charge in [-0.3, -0.25) is 0 Å². The molecule has 0 aliphatic carbocycles. The summed E-state index contributed by atoms with van der Waals surface area (Å²) >= 11 is 3.47. The largest absolute Gasteiger partial charge is 0.356 e. The third-order valence-corrected chi connectivity index (χ3v) is 4.85. The molecule has 0 radical (unpaired) electrons. The van der Waals surface area contributed by atoms with Crippen LogP contribution in [0, 0.1) is 5.82 Å². The number of unbranched alkanes of at least 4 members (excludes halogenated alkanes) is 1. The molecule has 0 spiro atoms. The molecule has 2 heterocycles. The number of fused-ring (bicyclic) bond motifs is 1. The van der Waals surface area contributed by atoms with Gasteiger partial charge in [0, 0.05) is 22.7 Å². The fraction of sp³-hybridized carbons (Fsp3) is 0.562. The normalized spacial score (nSPS) is 17.6. The van der Waals surface area contributed by atoms with E-state index in [0.717, 1.165) is 42.3 Å². The molecule has 1 aromatic carbocycles. The van der Waals surface area contributed by atoms with Crippen molar-refractivity contribution < 1.29 is 8.91 Å². The molecule has 1 aliphatic rings. The van der Waals surface area contributed by atoms with Gasteiger partial charge in [0.1, 0.15) is 5.82 Å². The lowest BCUT2D eigenvalue weighted by molar-refractivity contribution is 0.207. The maximum absolute atomic E-state index is 13.2. The van der Waals surface area contributed by atoms with Crippen molar-refractivity contribution in [3.05, 3.63) is 29.7 Å². The van der Waals surface area contributed by atoms with Gasteiger partial charge in [-0.25, -0.2) is 4.39 Å². The number of nitrogens with zero attached hydrogens (tertiary/aromatic N) is 2. The van der Waals surface area contributed by atoms with Gasteiger partial charge < -0.3 is 9.42 Å². The third-order valence-electron chi connectivity index (χ3n) is 4.29. The van der Waals surface area contributed by atoms with Gasteiger partial charge >= 0.3 is 0 Å². The van der Waals surface area contributed by atoms with Crippen LogP contribution in [-0.2, 0) is 0 Å². The Morgan fingerprint density at radius 3 is 2.86 bits per heavy atom. The maximum Gasteiger partial charge on any atom is 0.170 e. The van der Waals surface area contributed by atoms with Crippen LogP contribution in [0.5, 0.6) is 0 Å². The van der Waals surface area contributed by atoms with Crippen LogP contribution in [0.4, 0.5) is 4.39 Å². The van der Waals surface area contributed by atoms with Crippen LogP contribution < -0.4 is 0 Å². The Balaban J connectivity index is 1.63. The zero-order valence-corrected chi connectivity index (χ0v) is 13.6. The third kappa shape index (κ3) is 3.46. The zero-order chi connectivity index (χ0) is 14.7. The zero-order valence-electron chi connectivity index (χ0n) is 12.0. The maximum atomic E-state index is 13.2. The van der Waals surface area contributed by atoms with Crippen LogP contribution in [0.3, 0.4) is 0 Å². The summed E-state index contributed by atoms with van der Waals surface area (Å²) in [5.74, 6) is 0.163. The molecule has 3 rings (SSSR count). The lowest BCUT2D eigenvalue weighted by Gasteiger charge is -2.31. The molecule has 1 aromatic heterocycles. The Morgan fingerprint density at radius 2 is 2.10 bits per heavy atom. The Labute approximate surface area is 132 Å². The number of likely N-dealkylation sites (tertiary alicyclic amines) is 1. The van der Waals surface area contributed by atoms with Gasteiger partial charge in [0.25, 0.3) is 0 Å². The summed E-state index contributed by atoms with van der Waals surface area (Å²) in [6.45, 7) is 3.41. The SMILES string of the molecule is Fc1ccc2c(C3CCN(CCCCBr)CC3)noc2c1. The standard InChI is InChI=1S/C16H20BrFN2O/c17-7-1-2-8-20-9-5-12(6-10-20)16-14-4-3-13(18)11-15(14)21-19-16/h3-4,11-12H,1-2,5-10H2. The molecule has 21 heavy (non-hydrogen) atoms. The van der Waals surface area contributed by atoms with E-state index in [2.05, 4.69) is 26.0 Å². The van der Waals surface area contributed by atoms with Gasteiger partial charge in [-0.05, 0) is 57.5 Å². The number of hydrogen-bond acceptors (Lipinski definition) is 3. The summed E-state index contributed by atoms with van der Waals surface area (Å²) < 4.78 is 18.5. The first-order valence-corrected chi connectivity index (χ1v) is 8.73. The quantitative estimate of drug-likeness (QED) is 0.591. The number of piperidine rings is 1. The molecule has 2 aromatic rings. The second-order valence-corrected chi connectivity index (χ2v) is 6.51. The van der Waals surface area contributed by atoms with Gasteiger partial charge in [0.15, 0.2) is 5.58 Å². The van der Waals surface area contributed by atoms with Crippen LogP contribution in [0.1, 0.15) is 37.3 Å². The van der Waals surface area contributed by atoms with Crippen molar-refractivity contribution in [2.45, 2.75) is 31.6 Å². The Bertz CT molecular complexity index is 593. The number of hydrogen-bond donors (Lipinski definition) is 0. The molecule has 0 unspecified atom stereocenters. The molecule has 1 aliphatic heterocycles. The van der Waals surface area contributed by atoms with Crippen molar-refractivity contribution in [3.8, 4) is 0 Å². The van der Waals surface area contributed by atoms with Crippen LogP contribution in [-0.4, -0.2) is 35.0 Å².